The third-order valence-electron chi connectivity index (χ3n) is 4.58. The first-order valence-corrected chi connectivity index (χ1v) is 10.5. The number of rotatable bonds is 10. The molecule has 0 aliphatic heterocycles. The summed E-state index contributed by atoms with van der Waals surface area (Å²) in [5.74, 6) is 0.664. The lowest BCUT2D eigenvalue weighted by molar-refractivity contribution is 0.0952. The van der Waals surface area contributed by atoms with Crippen LogP contribution in [0, 0.1) is 0 Å². The number of hydrogen-bond acceptors (Lipinski definition) is 3. The second kappa shape index (κ2) is 11.3. The average molecular weight is 424 g/mol. The molecular formula is C25H26ClNO3. The van der Waals surface area contributed by atoms with Gasteiger partial charge in [0, 0.05) is 6.54 Å². The Balaban J connectivity index is 1.82. The smallest absolute Gasteiger partial charge is 0.252 e. The Morgan fingerprint density at radius 1 is 0.867 bits per heavy atom. The molecule has 0 radical (unpaired) electrons. The number of halogens is 1. The second-order valence-electron chi connectivity index (χ2n) is 6.91. The Hall–Kier alpha value is -2.98. The molecule has 0 aromatic heterocycles. The van der Waals surface area contributed by atoms with E-state index in [2.05, 4.69) is 12.2 Å². The van der Waals surface area contributed by atoms with E-state index in [1.165, 1.54) is 0 Å². The number of carbonyl (C=O) groups excluding carboxylic acids is 1. The molecule has 3 rings (SSSR count). The van der Waals surface area contributed by atoms with Gasteiger partial charge in [-0.15, -0.1) is 0 Å². The highest BCUT2D eigenvalue weighted by Crippen LogP contribution is 2.38. The summed E-state index contributed by atoms with van der Waals surface area (Å²) in [4.78, 5) is 12.6. The molecule has 0 saturated carbocycles. The van der Waals surface area contributed by atoms with Crippen LogP contribution >= 0.6 is 11.6 Å². The maximum Gasteiger partial charge on any atom is 0.252 e. The Kier molecular flexibility index (Phi) is 8.16. The van der Waals surface area contributed by atoms with Crippen molar-refractivity contribution >= 4 is 17.5 Å². The Morgan fingerprint density at radius 3 is 2.07 bits per heavy atom. The van der Waals surface area contributed by atoms with Gasteiger partial charge in [0.15, 0.2) is 11.5 Å². The maximum absolute atomic E-state index is 12.6. The number of nitrogens with one attached hydrogen (secondary N) is 1. The van der Waals surface area contributed by atoms with Crippen LogP contribution in [0.2, 0.25) is 5.02 Å². The van der Waals surface area contributed by atoms with Gasteiger partial charge in [0.25, 0.3) is 5.91 Å². The van der Waals surface area contributed by atoms with Crippen LogP contribution in [0.1, 0.15) is 41.3 Å². The van der Waals surface area contributed by atoms with Gasteiger partial charge in [-0.2, -0.15) is 0 Å². The van der Waals surface area contributed by atoms with E-state index in [1.807, 2.05) is 60.7 Å². The van der Waals surface area contributed by atoms with Crippen molar-refractivity contribution in [2.24, 2.45) is 0 Å². The molecule has 0 saturated heterocycles. The lowest BCUT2D eigenvalue weighted by Gasteiger charge is -2.17. The van der Waals surface area contributed by atoms with Crippen LogP contribution in [0.4, 0.5) is 0 Å². The molecule has 0 spiro atoms. The molecule has 30 heavy (non-hydrogen) atoms. The maximum atomic E-state index is 12.6. The molecule has 156 valence electrons. The molecule has 0 bridgehead atoms. The molecule has 5 heteroatoms. The zero-order valence-electron chi connectivity index (χ0n) is 17.1. The van der Waals surface area contributed by atoms with Crippen molar-refractivity contribution in [3.8, 4) is 11.5 Å². The van der Waals surface area contributed by atoms with Crippen molar-refractivity contribution in [2.45, 2.75) is 33.0 Å². The van der Waals surface area contributed by atoms with Crippen LogP contribution in [-0.2, 0) is 13.2 Å². The summed E-state index contributed by atoms with van der Waals surface area (Å²) in [5.41, 5.74) is 2.41. The molecule has 3 aromatic rings. The number of benzene rings is 3. The fraction of sp³-hybridized carbons (Fsp3) is 0.240. The minimum atomic E-state index is -0.215. The average Bonchev–Trinajstić information content (AvgIpc) is 2.78. The van der Waals surface area contributed by atoms with Gasteiger partial charge in [0.1, 0.15) is 13.2 Å². The Bertz CT molecular complexity index is 945. The first-order valence-electron chi connectivity index (χ1n) is 10.1. The van der Waals surface area contributed by atoms with Crippen molar-refractivity contribution in [3.63, 3.8) is 0 Å². The summed E-state index contributed by atoms with van der Waals surface area (Å²) < 4.78 is 12.0. The summed E-state index contributed by atoms with van der Waals surface area (Å²) in [6, 6.07) is 23.1. The number of amides is 1. The van der Waals surface area contributed by atoms with Gasteiger partial charge in [-0.1, -0.05) is 85.6 Å². The van der Waals surface area contributed by atoms with Crippen molar-refractivity contribution in [1.82, 2.24) is 5.32 Å². The molecule has 0 aliphatic carbocycles. The molecule has 4 nitrogen and oxygen atoms in total. The number of hydrogen-bond donors (Lipinski definition) is 1. The monoisotopic (exact) mass is 423 g/mol. The quantitative estimate of drug-likeness (QED) is 0.405. The van der Waals surface area contributed by atoms with Crippen molar-refractivity contribution in [2.75, 3.05) is 6.54 Å². The molecule has 0 atom stereocenters. The summed E-state index contributed by atoms with van der Waals surface area (Å²) in [7, 11) is 0. The van der Waals surface area contributed by atoms with Gasteiger partial charge in [-0.3, -0.25) is 4.79 Å². The zero-order chi connectivity index (χ0) is 21.2. The van der Waals surface area contributed by atoms with Gasteiger partial charge < -0.3 is 14.8 Å². The van der Waals surface area contributed by atoms with Crippen molar-refractivity contribution in [1.29, 1.82) is 0 Å². The van der Waals surface area contributed by atoms with E-state index >= 15 is 0 Å². The van der Waals surface area contributed by atoms with E-state index in [0.29, 0.717) is 36.8 Å². The molecular weight excluding hydrogens is 398 g/mol. The second-order valence-corrected chi connectivity index (χ2v) is 7.29. The molecule has 1 amide bonds. The van der Waals surface area contributed by atoms with Crippen LogP contribution in [0.15, 0.2) is 72.8 Å². The van der Waals surface area contributed by atoms with E-state index in [4.69, 9.17) is 21.1 Å². The molecule has 0 aliphatic rings. The Labute approximate surface area is 182 Å². The van der Waals surface area contributed by atoms with Crippen molar-refractivity contribution < 1.29 is 14.3 Å². The number of unbranched alkanes of at least 4 members (excludes halogenated alkanes) is 1. The van der Waals surface area contributed by atoms with Gasteiger partial charge in [-0.05, 0) is 29.7 Å². The zero-order valence-corrected chi connectivity index (χ0v) is 17.8. The largest absolute Gasteiger partial charge is 0.485 e. The van der Waals surface area contributed by atoms with E-state index in [-0.39, 0.29) is 10.9 Å². The summed E-state index contributed by atoms with van der Waals surface area (Å²) in [6.07, 6.45) is 1.92. The van der Waals surface area contributed by atoms with E-state index in [9.17, 15) is 4.79 Å². The third kappa shape index (κ3) is 6.01. The molecule has 0 heterocycles. The first kappa shape index (κ1) is 21.7. The lowest BCUT2D eigenvalue weighted by Crippen LogP contribution is -2.24. The van der Waals surface area contributed by atoms with Crippen LogP contribution in [-0.4, -0.2) is 12.5 Å². The third-order valence-corrected chi connectivity index (χ3v) is 4.96. The van der Waals surface area contributed by atoms with Crippen molar-refractivity contribution in [3.05, 3.63) is 94.5 Å². The Morgan fingerprint density at radius 2 is 1.47 bits per heavy atom. The predicted molar refractivity (Wildman–Crippen MR) is 120 cm³/mol. The van der Waals surface area contributed by atoms with Gasteiger partial charge >= 0.3 is 0 Å². The highest BCUT2D eigenvalue weighted by atomic mass is 35.5. The van der Waals surface area contributed by atoms with Crippen LogP contribution in [0.3, 0.4) is 0 Å². The normalized spacial score (nSPS) is 10.5. The fourth-order valence-electron chi connectivity index (χ4n) is 2.90. The van der Waals surface area contributed by atoms with E-state index < -0.39 is 0 Å². The molecule has 1 N–H and O–H groups in total. The minimum Gasteiger partial charge on any atom is -0.485 e. The predicted octanol–water partition coefficient (Wildman–Crippen LogP) is 6.03. The lowest BCUT2D eigenvalue weighted by atomic mass is 10.1. The summed E-state index contributed by atoms with van der Waals surface area (Å²) >= 11 is 6.60. The molecule has 0 fully saturated rings. The van der Waals surface area contributed by atoms with Gasteiger partial charge in [0.2, 0.25) is 0 Å². The summed E-state index contributed by atoms with van der Waals surface area (Å²) in [6.45, 7) is 3.38. The van der Waals surface area contributed by atoms with E-state index in [1.54, 1.807) is 12.1 Å². The number of ether oxygens (including phenoxy) is 2. The minimum absolute atomic E-state index is 0.215. The SMILES string of the molecule is CCCCNC(=O)c1ccc(OCc2ccccc2)c(OCc2ccccc2)c1Cl. The number of carbonyl (C=O) groups is 1. The summed E-state index contributed by atoms with van der Waals surface area (Å²) in [5, 5.41) is 3.15. The van der Waals surface area contributed by atoms with Crippen LogP contribution < -0.4 is 14.8 Å². The topological polar surface area (TPSA) is 47.6 Å². The van der Waals surface area contributed by atoms with Gasteiger partial charge in [-0.25, -0.2) is 0 Å². The molecule has 0 unspecified atom stereocenters. The fourth-order valence-corrected chi connectivity index (χ4v) is 3.20. The molecule has 3 aromatic carbocycles. The van der Waals surface area contributed by atoms with Gasteiger partial charge in [0.05, 0.1) is 10.6 Å². The standard InChI is InChI=1S/C25H26ClNO3/c1-2-3-16-27-25(28)21-14-15-22(29-17-19-10-6-4-7-11-19)24(23(21)26)30-18-20-12-8-5-9-13-20/h4-15H,2-3,16-18H2,1H3,(H,27,28). The highest BCUT2D eigenvalue weighted by molar-refractivity contribution is 6.35. The van der Waals surface area contributed by atoms with E-state index in [0.717, 1.165) is 24.0 Å². The van der Waals surface area contributed by atoms with Crippen LogP contribution in [0.5, 0.6) is 11.5 Å². The highest BCUT2D eigenvalue weighted by Gasteiger charge is 2.19. The first-order chi connectivity index (χ1) is 14.7. The van der Waals surface area contributed by atoms with Crippen LogP contribution in [0.25, 0.3) is 0 Å².